The second-order valence-electron chi connectivity index (χ2n) is 7.83. The van der Waals surface area contributed by atoms with Gasteiger partial charge in [0, 0.05) is 12.0 Å². The van der Waals surface area contributed by atoms with E-state index in [4.69, 9.17) is 0 Å². The van der Waals surface area contributed by atoms with E-state index < -0.39 is 0 Å². The van der Waals surface area contributed by atoms with Crippen LogP contribution in [-0.4, -0.2) is 12.5 Å². The predicted molar refractivity (Wildman–Crippen MR) is 114 cm³/mol. The Hall–Kier alpha value is -2.87. The van der Waals surface area contributed by atoms with Gasteiger partial charge in [-0.3, -0.25) is 4.79 Å². The molecule has 2 heteroatoms. The molecule has 3 aromatic rings. The van der Waals surface area contributed by atoms with Gasteiger partial charge < -0.3 is 5.32 Å². The lowest BCUT2D eigenvalue weighted by Gasteiger charge is -2.31. The minimum absolute atomic E-state index is 0.0643. The molecule has 1 N–H and O–H groups in total. The number of hydrogen-bond acceptors (Lipinski definition) is 1. The van der Waals surface area contributed by atoms with E-state index in [-0.39, 0.29) is 17.2 Å². The number of benzene rings is 3. The van der Waals surface area contributed by atoms with Crippen LogP contribution in [0.15, 0.2) is 91.0 Å². The molecule has 0 radical (unpaired) electrons. The van der Waals surface area contributed by atoms with Crippen molar-refractivity contribution in [2.75, 3.05) is 6.54 Å². The number of rotatable bonds is 6. The van der Waals surface area contributed by atoms with E-state index in [1.807, 2.05) is 60.7 Å². The van der Waals surface area contributed by atoms with Crippen LogP contribution >= 0.6 is 0 Å². The highest BCUT2D eigenvalue weighted by Gasteiger charge is 2.36. The fraction of sp³-hybridized carbons (Fsp3) is 0.269. The maximum absolute atomic E-state index is 13.4. The maximum Gasteiger partial charge on any atom is 0.232 e. The van der Waals surface area contributed by atoms with Gasteiger partial charge in [0.2, 0.25) is 5.91 Å². The molecule has 0 bridgehead atoms. The zero-order chi connectivity index (χ0) is 19.2. The van der Waals surface area contributed by atoms with Crippen molar-refractivity contribution < 1.29 is 4.79 Å². The lowest BCUT2D eigenvalue weighted by molar-refractivity contribution is -0.122. The minimum Gasteiger partial charge on any atom is -0.354 e. The van der Waals surface area contributed by atoms with E-state index in [2.05, 4.69) is 35.6 Å². The van der Waals surface area contributed by atoms with Gasteiger partial charge in [-0.1, -0.05) is 104 Å². The Morgan fingerprint density at radius 1 is 0.750 bits per heavy atom. The van der Waals surface area contributed by atoms with Crippen LogP contribution in [0.5, 0.6) is 0 Å². The third-order valence-electron chi connectivity index (χ3n) is 6.08. The van der Waals surface area contributed by atoms with Gasteiger partial charge in [0.15, 0.2) is 0 Å². The lowest BCUT2D eigenvalue weighted by atomic mass is 9.78. The van der Waals surface area contributed by atoms with E-state index >= 15 is 0 Å². The molecule has 0 heterocycles. The molecule has 1 fully saturated rings. The summed E-state index contributed by atoms with van der Waals surface area (Å²) in [5.74, 6) is -0.198. The Kier molecular flexibility index (Phi) is 5.57. The highest BCUT2D eigenvalue weighted by atomic mass is 16.1. The molecule has 1 aliphatic rings. The van der Waals surface area contributed by atoms with Crippen LogP contribution in [0.3, 0.4) is 0 Å². The maximum atomic E-state index is 13.4. The fourth-order valence-electron chi connectivity index (χ4n) is 4.56. The van der Waals surface area contributed by atoms with E-state index in [0.717, 1.165) is 24.0 Å². The molecule has 1 aliphatic carbocycles. The van der Waals surface area contributed by atoms with Crippen molar-refractivity contribution in [1.29, 1.82) is 0 Å². The van der Waals surface area contributed by atoms with Crippen LogP contribution in [0, 0.1) is 0 Å². The van der Waals surface area contributed by atoms with Gasteiger partial charge in [-0.05, 0) is 29.5 Å². The zero-order valence-electron chi connectivity index (χ0n) is 16.2. The average Bonchev–Trinajstić information content (AvgIpc) is 3.25. The van der Waals surface area contributed by atoms with Crippen molar-refractivity contribution in [3.63, 3.8) is 0 Å². The average molecular weight is 370 g/mol. The second kappa shape index (κ2) is 8.43. The SMILES string of the molecule is O=C(NCC1(c2ccccc2)CCCC1)C(c1ccccc1)c1ccccc1. The molecule has 0 spiro atoms. The number of hydrogen-bond donors (Lipinski definition) is 1. The topological polar surface area (TPSA) is 29.1 Å². The van der Waals surface area contributed by atoms with Gasteiger partial charge in [-0.2, -0.15) is 0 Å². The van der Waals surface area contributed by atoms with Crippen LogP contribution in [0.1, 0.15) is 48.3 Å². The molecule has 1 amide bonds. The summed E-state index contributed by atoms with van der Waals surface area (Å²) in [5, 5.41) is 3.32. The van der Waals surface area contributed by atoms with Crippen LogP contribution < -0.4 is 5.32 Å². The summed E-state index contributed by atoms with van der Waals surface area (Å²) in [6.45, 7) is 0.700. The molecule has 28 heavy (non-hydrogen) atoms. The van der Waals surface area contributed by atoms with E-state index in [0.29, 0.717) is 6.54 Å². The van der Waals surface area contributed by atoms with Crippen molar-refractivity contribution in [3.8, 4) is 0 Å². The van der Waals surface area contributed by atoms with E-state index in [1.165, 1.54) is 18.4 Å². The van der Waals surface area contributed by atoms with Gasteiger partial charge in [-0.15, -0.1) is 0 Å². The highest BCUT2D eigenvalue weighted by Crippen LogP contribution is 2.40. The Morgan fingerprint density at radius 2 is 1.21 bits per heavy atom. The zero-order valence-corrected chi connectivity index (χ0v) is 16.2. The number of carbonyl (C=O) groups is 1. The standard InChI is InChI=1S/C26H27NO/c28-25(24(21-12-4-1-5-13-21)22-14-6-2-7-15-22)27-20-26(18-10-11-19-26)23-16-8-3-9-17-23/h1-9,12-17,24H,10-11,18-20H2,(H,27,28). The largest absolute Gasteiger partial charge is 0.354 e. The Bertz CT molecular complexity index is 844. The van der Waals surface area contributed by atoms with Crippen molar-refractivity contribution >= 4 is 5.91 Å². The summed E-state index contributed by atoms with van der Waals surface area (Å²) in [7, 11) is 0. The highest BCUT2D eigenvalue weighted by molar-refractivity contribution is 5.87. The van der Waals surface area contributed by atoms with Crippen LogP contribution in [0.25, 0.3) is 0 Å². The molecule has 0 aliphatic heterocycles. The third-order valence-corrected chi connectivity index (χ3v) is 6.08. The second-order valence-corrected chi connectivity index (χ2v) is 7.83. The molecule has 0 saturated heterocycles. The molecule has 4 rings (SSSR count). The summed E-state index contributed by atoms with van der Waals surface area (Å²) in [4.78, 5) is 13.4. The summed E-state index contributed by atoms with van der Waals surface area (Å²) in [5.41, 5.74) is 3.48. The summed E-state index contributed by atoms with van der Waals surface area (Å²) < 4.78 is 0. The van der Waals surface area contributed by atoms with Crippen LogP contribution in [0.4, 0.5) is 0 Å². The summed E-state index contributed by atoms with van der Waals surface area (Å²) >= 11 is 0. The Labute approximate surface area is 167 Å². The van der Waals surface area contributed by atoms with Crippen molar-refractivity contribution in [2.45, 2.75) is 37.0 Å². The van der Waals surface area contributed by atoms with Gasteiger partial charge in [0.1, 0.15) is 0 Å². The Morgan fingerprint density at radius 3 is 1.71 bits per heavy atom. The summed E-state index contributed by atoms with van der Waals surface area (Å²) in [6.07, 6.45) is 4.73. The van der Waals surface area contributed by atoms with Gasteiger partial charge in [-0.25, -0.2) is 0 Å². The van der Waals surface area contributed by atoms with Crippen molar-refractivity contribution in [1.82, 2.24) is 5.32 Å². The normalized spacial score (nSPS) is 15.5. The van der Waals surface area contributed by atoms with Crippen LogP contribution in [0.2, 0.25) is 0 Å². The fourth-order valence-corrected chi connectivity index (χ4v) is 4.56. The van der Waals surface area contributed by atoms with Crippen molar-refractivity contribution in [2.24, 2.45) is 0 Å². The quantitative estimate of drug-likeness (QED) is 0.615. The van der Waals surface area contributed by atoms with E-state index in [1.54, 1.807) is 0 Å². The van der Waals surface area contributed by atoms with E-state index in [9.17, 15) is 4.79 Å². The van der Waals surface area contributed by atoms with Gasteiger partial charge >= 0.3 is 0 Å². The molecular weight excluding hydrogens is 342 g/mol. The molecule has 2 nitrogen and oxygen atoms in total. The number of amides is 1. The van der Waals surface area contributed by atoms with Crippen molar-refractivity contribution in [3.05, 3.63) is 108 Å². The smallest absolute Gasteiger partial charge is 0.232 e. The first kappa shape index (κ1) is 18.5. The molecule has 3 aromatic carbocycles. The third kappa shape index (κ3) is 3.87. The first-order valence-electron chi connectivity index (χ1n) is 10.2. The molecule has 142 valence electrons. The summed E-state index contributed by atoms with van der Waals surface area (Å²) in [6, 6.07) is 30.8. The monoisotopic (exact) mass is 369 g/mol. The number of carbonyl (C=O) groups excluding carboxylic acids is 1. The van der Waals surface area contributed by atoms with Gasteiger partial charge in [0.05, 0.1) is 5.92 Å². The molecule has 0 atom stereocenters. The predicted octanol–water partition coefficient (Wildman–Crippen LogP) is 5.45. The molecule has 0 aromatic heterocycles. The Balaban J connectivity index is 1.58. The molecular formula is C26H27NO. The molecule has 1 saturated carbocycles. The van der Waals surface area contributed by atoms with Crippen LogP contribution in [-0.2, 0) is 10.2 Å². The lowest BCUT2D eigenvalue weighted by Crippen LogP contribution is -2.41. The van der Waals surface area contributed by atoms with Gasteiger partial charge in [0.25, 0.3) is 0 Å². The minimum atomic E-state index is -0.281. The molecule has 0 unspecified atom stereocenters. The first-order valence-corrected chi connectivity index (χ1v) is 10.2. The first-order chi connectivity index (χ1) is 13.8. The number of nitrogens with one attached hydrogen (secondary N) is 1.